The number of unbranched alkanes of at least 4 members (excludes halogenated alkanes) is 20. The Morgan fingerprint density at radius 2 is 0.514 bits per heavy atom. The van der Waals surface area contributed by atoms with E-state index in [0.717, 1.165) is 11.8 Å². The lowest BCUT2D eigenvalue weighted by molar-refractivity contribution is 0.341. The second kappa shape index (κ2) is 32.2. The van der Waals surface area contributed by atoms with Crippen LogP contribution in [-0.4, -0.2) is 13.1 Å². The molecule has 0 saturated heterocycles. The van der Waals surface area contributed by atoms with Crippen LogP contribution in [0, 0.1) is 11.8 Å². The Labute approximate surface area is 237 Å². The average molecular weight is 522 g/mol. The molecular weight excluding hydrogens is 446 g/mol. The van der Waals surface area contributed by atoms with Gasteiger partial charge in [0.25, 0.3) is 0 Å². The van der Waals surface area contributed by atoms with Gasteiger partial charge in [-0.25, -0.2) is 0 Å². The molecule has 0 aliphatic carbocycles. The fourth-order valence-corrected chi connectivity index (χ4v) is 6.04. The van der Waals surface area contributed by atoms with Crippen molar-refractivity contribution in [3.8, 4) is 0 Å². The topological polar surface area (TPSA) is 12.0 Å². The summed E-state index contributed by atoms with van der Waals surface area (Å²) in [5, 5.41) is 4.02. The zero-order chi connectivity index (χ0) is 27.1. The summed E-state index contributed by atoms with van der Waals surface area (Å²) in [6, 6.07) is 0. The van der Waals surface area contributed by atoms with Crippen LogP contribution in [0.15, 0.2) is 0 Å². The SMILES string of the molecule is CCCCCCCCCCC(CCCCCC)CNCC(CCCCCC)CCCCCCCCCC. The molecule has 1 nitrogen and oxygen atoms in total. The van der Waals surface area contributed by atoms with E-state index in [1.807, 2.05) is 0 Å². The molecular formula is C36H75N. The predicted molar refractivity (Wildman–Crippen MR) is 172 cm³/mol. The van der Waals surface area contributed by atoms with Crippen LogP contribution >= 0.6 is 0 Å². The van der Waals surface area contributed by atoms with Crippen molar-refractivity contribution in [1.29, 1.82) is 0 Å². The minimum Gasteiger partial charge on any atom is -0.316 e. The highest BCUT2D eigenvalue weighted by molar-refractivity contribution is 4.68. The number of hydrogen-bond acceptors (Lipinski definition) is 1. The van der Waals surface area contributed by atoms with Crippen molar-refractivity contribution < 1.29 is 0 Å². The van der Waals surface area contributed by atoms with E-state index in [1.165, 1.54) is 193 Å². The Kier molecular flexibility index (Phi) is 32.1. The Balaban J connectivity index is 4.31. The number of nitrogens with one attached hydrogen (secondary N) is 1. The zero-order valence-corrected chi connectivity index (χ0v) is 26.9. The summed E-state index contributed by atoms with van der Waals surface area (Å²) in [7, 11) is 0. The first-order valence-corrected chi connectivity index (χ1v) is 18.0. The Morgan fingerprint density at radius 3 is 0.784 bits per heavy atom. The normalized spacial score (nSPS) is 13.3. The van der Waals surface area contributed by atoms with Crippen LogP contribution in [0.2, 0.25) is 0 Å². The van der Waals surface area contributed by atoms with Gasteiger partial charge < -0.3 is 5.32 Å². The fraction of sp³-hybridized carbons (Fsp3) is 1.00. The van der Waals surface area contributed by atoms with Crippen LogP contribution in [-0.2, 0) is 0 Å². The molecule has 1 N–H and O–H groups in total. The number of hydrogen-bond donors (Lipinski definition) is 1. The van der Waals surface area contributed by atoms with E-state index in [0.29, 0.717) is 0 Å². The minimum atomic E-state index is 0.917. The Morgan fingerprint density at radius 1 is 0.297 bits per heavy atom. The van der Waals surface area contributed by atoms with Crippen molar-refractivity contribution in [2.24, 2.45) is 11.8 Å². The third-order valence-corrected chi connectivity index (χ3v) is 8.73. The van der Waals surface area contributed by atoms with Crippen molar-refractivity contribution in [2.75, 3.05) is 13.1 Å². The molecule has 2 atom stereocenters. The molecule has 0 bridgehead atoms. The molecule has 0 spiro atoms. The third kappa shape index (κ3) is 28.8. The molecule has 0 aromatic carbocycles. The summed E-state index contributed by atoms with van der Waals surface area (Å²) in [4.78, 5) is 0. The maximum atomic E-state index is 4.02. The van der Waals surface area contributed by atoms with Crippen LogP contribution in [0.25, 0.3) is 0 Å². The van der Waals surface area contributed by atoms with Gasteiger partial charge in [0.1, 0.15) is 0 Å². The van der Waals surface area contributed by atoms with Crippen LogP contribution < -0.4 is 5.32 Å². The molecule has 0 fully saturated rings. The maximum Gasteiger partial charge on any atom is -0.00204 e. The minimum absolute atomic E-state index is 0.917. The van der Waals surface area contributed by atoms with Gasteiger partial charge in [0.15, 0.2) is 0 Å². The summed E-state index contributed by atoms with van der Waals surface area (Å²) >= 11 is 0. The van der Waals surface area contributed by atoms with Crippen LogP contribution in [0.4, 0.5) is 0 Å². The Bertz CT molecular complexity index is 356. The second-order valence-electron chi connectivity index (χ2n) is 12.6. The lowest BCUT2D eigenvalue weighted by atomic mass is 9.92. The lowest BCUT2D eigenvalue weighted by Gasteiger charge is -2.22. The van der Waals surface area contributed by atoms with Gasteiger partial charge >= 0.3 is 0 Å². The van der Waals surface area contributed by atoms with Crippen LogP contribution in [0.3, 0.4) is 0 Å². The third-order valence-electron chi connectivity index (χ3n) is 8.73. The fourth-order valence-electron chi connectivity index (χ4n) is 6.04. The van der Waals surface area contributed by atoms with Gasteiger partial charge in [-0.15, -0.1) is 0 Å². The molecule has 0 aromatic rings. The van der Waals surface area contributed by atoms with E-state index in [2.05, 4.69) is 33.0 Å². The molecule has 0 saturated carbocycles. The van der Waals surface area contributed by atoms with E-state index < -0.39 is 0 Å². The summed E-state index contributed by atoms with van der Waals surface area (Å²) in [6.07, 6.45) is 40.4. The van der Waals surface area contributed by atoms with Crippen molar-refractivity contribution in [2.45, 2.75) is 207 Å². The Hall–Kier alpha value is -0.0400. The van der Waals surface area contributed by atoms with Crippen molar-refractivity contribution in [3.63, 3.8) is 0 Å². The van der Waals surface area contributed by atoms with Gasteiger partial charge in [-0.2, -0.15) is 0 Å². The predicted octanol–water partition coefficient (Wildman–Crippen LogP) is 12.8. The lowest BCUT2D eigenvalue weighted by Crippen LogP contribution is -2.28. The van der Waals surface area contributed by atoms with Gasteiger partial charge in [-0.1, -0.05) is 182 Å². The van der Waals surface area contributed by atoms with E-state index in [-0.39, 0.29) is 0 Å². The van der Waals surface area contributed by atoms with Crippen LogP contribution in [0.5, 0.6) is 0 Å². The van der Waals surface area contributed by atoms with Crippen molar-refractivity contribution in [1.82, 2.24) is 5.32 Å². The monoisotopic (exact) mass is 522 g/mol. The van der Waals surface area contributed by atoms with Crippen LogP contribution in [0.1, 0.15) is 207 Å². The first-order chi connectivity index (χ1) is 18.3. The first-order valence-electron chi connectivity index (χ1n) is 18.0. The summed E-state index contributed by atoms with van der Waals surface area (Å²) < 4.78 is 0. The largest absolute Gasteiger partial charge is 0.316 e. The van der Waals surface area contributed by atoms with Gasteiger partial charge in [0, 0.05) is 0 Å². The highest BCUT2D eigenvalue weighted by Crippen LogP contribution is 2.21. The number of rotatable bonds is 32. The molecule has 224 valence electrons. The molecule has 0 aromatic heterocycles. The van der Waals surface area contributed by atoms with E-state index in [1.54, 1.807) is 0 Å². The zero-order valence-electron chi connectivity index (χ0n) is 26.9. The second-order valence-corrected chi connectivity index (χ2v) is 12.6. The summed E-state index contributed by atoms with van der Waals surface area (Å²) in [5.74, 6) is 1.83. The highest BCUT2D eigenvalue weighted by atomic mass is 14.9. The molecule has 0 rings (SSSR count). The first kappa shape index (κ1) is 37.0. The van der Waals surface area contributed by atoms with E-state index >= 15 is 0 Å². The van der Waals surface area contributed by atoms with Gasteiger partial charge in [0.05, 0.1) is 0 Å². The quantitative estimate of drug-likeness (QED) is 0.0868. The van der Waals surface area contributed by atoms with E-state index in [4.69, 9.17) is 0 Å². The van der Waals surface area contributed by atoms with Gasteiger partial charge in [-0.05, 0) is 50.6 Å². The molecule has 2 unspecified atom stereocenters. The van der Waals surface area contributed by atoms with E-state index in [9.17, 15) is 0 Å². The molecule has 37 heavy (non-hydrogen) atoms. The molecule has 1 heteroatoms. The average Bonchev–Trinajstić information content (AvgIpc) is 2.91. The highest BCUT2D eigenvalue weighted by Gasteiger charge is 2.12. The maximum absolute atomic E-state index is 4.02. The molecule has 0 radical (unpaired) electrons. The standard InChI is InChI=1S/C36H75N/c1-5-9-13-17-19-21-23-27-31-35(29-25-15-11-7-3)33-37-34-36(30-26-16-12-8-4)32-28-24-22-20-18-14-10-6-2/h35-37H,5-34H2,1-4H3. The van der Waals surface area contributed by atoms with Crippen molar-refractivity contribution in [3.05, 3.63) is 0 Å². The smallest absolute Gasteiger partial charge is 0.00204 e. The molecule has 0 aliphatic rings. The molecule has 0 aliphatic heterocycles. The molecule has 0 amide bonds. The summed E-state index contributed by atoms with van der Waals surface area (Å²) in [6.45, 7) is 11.9. The summed E-state index contributed by atoms with van der Waals surface area (Å²) in [5.41, 5.74) is 0. The van der Waals surface area contributed by atoms with Gasteiger partial charge in [0.2, 0.25) is 0 Å². The van der Waals surface area contributed by atoms with Gasteiger partial charge in [-0.3, -0.25) is 0 Å². The van der Waals surface area contributed by atoms with Crippen molar-refractivity contribution >= 4 is 0 Å². The molecule has 0 heterocycles.